The number of nitro groups is 1. The largest absolute Gasteiger partial charge is 0.362 e. The predicted molar refractivity (Wildman–Crippen MR) is 64.9 cm³/mol. The predicted octanol–water partition coefficient (Wildman–Crippen LogP) is 1.59. The molecule has 1 fully saturated rings. The first kappa shape index (κ1) is 11.8. The molecule has 1 aromatic heterocycles. The monoisotopic (exact) mass is 236 g/mol. The van der Waals surface area contributed by atoms with Gasteiger partial charge in [0.15, 0.2) is 0 Å². The molecule has 1 saturated carbocycles. The SMILES string of the molecule is Cc1ccnc(NCC2(N)CCC2)c1[N+](=O)[O-]. The fraction of sp³-hybridized carbons (Fsp3) is 0.545. The van der Waals surface area contributed by atoms with Gasteiger partial charge in [-0.2, -0.15) is 0 Å². The minimum atomic E-state index is -0.408. The Kier molecular flexibility index (Phi) is 2.97. The van der Waals surface area contributed by atoms with Crippen molar-refractivity contribution in [2.75, 3.05) is 11.9 Å². The molecule has 0 radical (unpaired) electrons. The number of nitrogens with two attached hydrogens (primary N) is 1. The number of hydrogen-bond acceptors (Lipinski definition) is 5. The number of hydrogen-bond donors (Lipinski definition) is 2. The molecule has 17 heavy (non-hydrogen) atoms. The molecule has 0 spiro atoms. The van der Waals surface area contributed by atoms with Crippen LogP contribution in [0.15, 0.2) is 12.3 Å². The highest BCUT2D eigenvalue weighted by atomic mass is 16.6. The van der Waals surface area contributed by atoms with Crippen molar-refractivity contribution >= 4 is 11.5 Å². The van der Waals surface area contributed by atoms with Gasteiger partial charge in [0.2, 0.25) is 5.82 Å². The molecule has 1 aliphatic rings. The quantitative estimate of drug-likeness (QED) is 0.611. The normalized spacial score (nSPS) is 17.3. The van der Waals surface area contributed by atoms with Gasteiger partial charge < -0.3 is 11.1 Å². The molecule has 0 aromatic carbocycles. The highest BCUT2D eigenvalue weighted by Gasteiger charge is 2.33. The molecule has 92 valence electrons. The van der Waals surface area contributed by atoms with Crippen molar-refractivity contribution in [3.63, 3.8) is 0 Å². The van der Waals surface area contributed by atoms with Crippen molar-refractivity contribution < 1.29 is 4.92 Å². The zero-order valence-electron chi connectivity index (χ0n) is 9.77. The summed E-state index contributed by atoms with van der Waals surface area (Å²) < 4.78 is 0. The summed E-state index contributed by atoms with van der Waals surface area (Å²) in [7, 11) is 0. The lowest BCUT2D eigenvalue weighted by atomic mass is 9.78. The van der Waals surface area contributed by atoms with Gasteiger partial charge >= 0.3 is 5.69 Å². The molecule has 1 heterocycles. The molecule has 6 heteroatoms. The van der Waals surface area contributed by atoms with Crippen molar-refractivity contribution in [2.45, 2.75) is 31.7 Å². The molecule has 6 nitrogen and oxygen atoms in total. The van der Waals surface area contributed by atoms with Crippen LogP contribution in [0.1, 0.15) is 24.8 Å². The van der Waals surface area contributed by atoms with Gasteiger partial charge in [0.25, 0.3) is 0 Å². The van der Waals surface area contributed by atoms with E-state index in [1.54, 1.807) is 19.2 Å². The van der Waals surface area contributed by atoms with Gasteiger partial charge in [0.1, 0.15) is 0 Å². The molecule has 0 aliphatic heterocycles. The first-order chi connectivity index (χ1) is 8.02. The molecule has 1 aliphatic carbocycles. The lowest BCUT2D eigenvalue weighted by Crippen LogP contribution is -2.52. The second-order valence-electron chi connectivity index (χ2n) is 4.65. The fourth-order valence-electron chi connectivity index (χ4n) is 1.98. The summed E-state index contributed by atoms with van der Waals surface area (Å²) >= 11 is 0. The van der Waals surface area contributed by atoms with E-state index in [-0.39, 0.29) is 11.2 Å². The van der Waals surface area contributed by atoms with Crippen LogP contribution in [0, 0.1) is 17.0 Å². The van der Waals surface area contributed by atoms with Gasteiger partial charge in [-0.05, 0) is 32.3 Å². The Morgan fingerprint density at radius 3 is 2.88 bits per heavy atom. The van der Waals surface area contributed by atoms with E-state index in [1.807, 2.05) is 0 Å². The van der Waals surface area contributed by atoms with Crippen LogP contribution < -0.4 is 11.1 Å². The lowest BCUT2D eigenvalue weighted by Gasteiger charge is -2.38. The third-order valence-corrected chi connectivity index (χ3v) is 3.27. The van der Waals surface area contributed by atoms with Gasteiger partial charge in [0.05, 0.1) is 4.92 Å². The average Bonchev–Trinajstić information content (AvgIpc) is 2.23. The highest BCUT2D eigenvalue weighted by molar-refractivity contribution is 5.59. The Hall–Kier alpha value is -1.69. The van der Waals surface area contributed by atoms with Gasteiger partial charge in [0, 0.05) is 23.8 Å². The maximum Gasteiger partial charge on any atom is 0.314 e. The topological polar surface area (TPSA) is 94.1 Å². The number of aryl methyl sites for hydroxylation is 1. The maximum atomic E-state index is 10.9. The van der Waals surface area contributed by atoms with Crippen molar-refractivity contribution in [2.24, 2.45) is 5.73 Å². The third-order valence-electron chi connectivity index (χ3n) is 3.27. The van der Waals surface area contributed by atoms with Crippen LogP contribution in [0.2, 0.25) is 0 Å². The van der Waals surface area contributed by atoms with Crippen LogP contribution in [0.4, 0.5) is 11.5 Å². The number of pyridine rings is 1. The zero-order chi connectivity index (χ0) is 12.5. The Balaban J connectivity index is 2.15. The van der Waals surface area contributed by atoms with E-state index in [9.17, 15) is 10.1 Å². The Morgan fingerprint density at radius 2 is 2.35 bits per heavy atom. The zero-order valence-corrected chi connectivity index (χ0v) is 9.77. The van der Waals surface area contributed by atoms with Crippen LogP contribution >= 0.6 is 0 Å². The number of nitrogens with zero attached hydrogens (tertiary/aromatic N) is 2. The summed E-state index contributed by atoms with van der Waals surface area (Å²) in [5.74, 6) is 0.312. The van der Waals surface area contributed by atoms with Crippen LogP contribution in [0.25, 0.3) is 0 Å². The molecule has 0 unspecified atom stereocenters. The smallest absolute Gasteiger partial charge is 0.314 e. The second-order valence-corrected chi connectivity index (χ2v) is 4.65. The summed E-state index contributed by atoms with van der Waals surface area (Å²) in [6.07, 6.45) is 4.61. The lowest BCUT2D eigenvalue weighted by molar-refractivity contribution is -0.384. The number of rotatable bonds is 4. The van der Waals surface area contributed by atoms with Crippen molar-refractivity contribution in [1.29, 1.82) is 0 Å². The molecule has 1 aromatic rings. The molecule has 3 N–H and O–H groups in total. The van der Waals surface area contributed by atoms with E-state index < -0.39 is 4.92 Å². The standard InChI is InChI=1S/C11H16N4O2/c1-8-3-6-13-10(9(8)15(16)17)14-7-11(12)4-2-5-11/h3,6H,2,4-5,7,12H2,1H3,(H,13,14). The second kappa shape index (κ2) is 4.29. The van der Waals surface area contributed by atoms with Gasteiger partial charge in [-0.15, -0.1) is 0 Å². The molecule has 2 rings (SSSR count). The Labute approximate surface area is 99.4 Å². The van der Waals surface area contributed by atoms with Gasteiger partial charge in [-0.25, -0.2) is 4.98 Å². The van der Waals surface area contributed by atoms with Crippen molar-refractivity contribution in [3.05, 3.63) is 27.9 Å². The van der Waals surface area contributed by atoms with Crippen LogP contribution in [-0.4, -0.2) is 22.0 Å². The molecule has 0 bridgehead atoms. The van der Waals surface area contributed by atoms with E-state index >= 15 is 0 Å². The molecule has 0 amide bonds. The third kappa shape index (κ3) is 2.36. The molecule has 0 atom stereocenters. The summed E-state index contributed by atoms with van der Waals surface area (Å²) in [4.78, 5) is 14.6. The van der Waals surface area contributed by atoms with E-state index in [4.69, 9.17) is 5.73 Å². The van der Waals surface area contributed by atoms with Crippen molar-refractivity contribution in [1.82, 2.24) is 4.98 Å². The number of nitrogens with one attached hydrogen (secondary N) is 1. The van der Waals surface area contributed by atoms with Crippen LogP contribution in [0.3, 0.4) is 0 Å². The van der Waals surface area contributed by atoms with E-state index in [1.165, 1.54) is 0 Å². The summed E-state index contributed by atoms with van der Waals surface area (Å²) in [6.45, 7) is 2.23. The van der Waals surface area contributed by atoms with Crippen LogP contribution in [0.5, 0.6) is 0 Å². The first-order valence-electron chi connectivity index (χ1n) is 5.65. The number of aromatic nitrogens is 1. The molecular weight excluding hydrogens is 220 g/mol. The maximum absolute atomic E-state index is 10.9. The fourth-order valence-corrected chi connectivity index (χ4v) is 1.98. The van der Waals surface area contributed by atoms with E-state index in [0.29, 0.717) is 17.9 Å². The van der Waals surface area contributed by atoms with Crippen LogP contribution in [-0.2, 0) is 0 Å². The highest BCUT2D eigenvalue weighted by Crippen LogP contribution is 2.31. The minimum Gasteiger partial charge on any atom is -0.362 e. The van der Waals surface area contributed by atoms with E-state index in [2.05, 4.69) is 10.3 Å². The average molecular weight is 236 g/mol. The van der Waals surface area contributed by atoms with Gasteiger partial charge in [-0.3, -0.25) is 10.1 Å². The van der Waals surface area contributed by atoms with E-state index in [0.717, 1.165) is 19.3 Å². The molecular formula is C11H16N4O2. The van der Waals surface area contributed by atoms with Crippen molar-refractivity contribution in [3.8, 4) is 0 Å². The first-order valence-corrected chi connectivity index (χ1v) is 5.65. The summed E-state index contributed by atoms with van der Waals surface area (Å²) in [5, 5.41) is 13.9. The Morgan fingerprint density at radius 1 is 1.65 bits per heavy atom. The Bertz CT molecular complexity index is 443. The number of anilines is 1. The summed E-state index contributed by atoms with van der Waals surface area (Å²) in [6, 6.07) is 1.63. The summed E-state index contributed by atoms with van der Waals surface area (Å²) in [5.41, 5.74) is 6.47. The minimum absolute atomic E-state index is 0.0374. The molecule has 0 saturated heterocycles. The van der Waals surface area contributed by atoms with Gasteiger partial charge in [-0.1, -0.05) is 0 Å².